The molecule has 0 aliphatic carbocycles. The zero-order valence-corrected chi connectivity index (χ0v) is 20.0. The van der Waals surface area contributed by atoms with Gasteiger partial charge in [-0.1, -0.05) is 17.7 Å². The van der Waals surface area contributed by atoms with Gasteiger partial charge in [0.05, 0.1) is 20.3 Å². The van der Waals surface area contributed by atoms with Crippen LogP contribution in [0, 0.1) is 0 Å². The lowest BCUT2D eigenvalue weighted by Crippen LogP contribution is -2.48. The molecule has 1 atom stereocenters. The average molecular weight is 472 g/mol. The molecule has 1 fully saturated rings. The van der Waals surface area contributed by atoms with E-state index in [1.807, 2.05) is 43.3 Å². The highest BCUT2D eigenvalue weighted by Gasteiger charge is 2.29. The fourth-order valence-electron chi connectivity index (χ4n) is 4.31. The van der Waals surface area contributed by atoms with Crippen LogP contribution in [0.5, 0.6) is 11.5 Å². The van der Waals surface area contributed by atoms with Gasteiger partial charge in [-0.2, -0.15) is 0 Å². The van der Waals surface area contributed by atoms with E-state index in [9.17, 15) is 4.79 Å². The Morgan fingerprint density at radius 2 is 1.94 bits per heavy atom. The van der Waals surface area contributed by atoms with Crippen LogP contribution in [0.4, 0.5) is 0 Å². The first kappa shape index (κ1) is 23.4. The van der Waals surface area contributed by atoms with Crippen LogP contribution in [0.3, 0.4) is 0 Å². The molecular formula is C25H30ClN3O4. The Kier molecular flexibility index (Phi) is 7.40. The summed E-state index contributed by atoms with van der Waals surface area (Å²) in [4.78, 5) is 19.6. The molecular weight excluding hydrogens is 442 g/mol. The second-order valence-corrected chi connectivity index (χ2v) is 8.82. The average Bonchev–Trinajstić information content (AvgIpc) is 3.26. The van der Waals surface area contributed by atoms with Gasteiger partial charge in [-0.05, 0) is 75.2 Å². The van der Waals surface area contributed by atoms with Gasteiger partial charge in [-0.25, -0.2) is 4.98 Å². The topological polar surface area (TPSA) is 76.8 Å². The second kappa shape index (κ2) is 10.4. The van der Waals surface area contributed by atoms with Crippen molar-refractivity contribution < 1.29 is 18.7 Å². The summed E-state index contributed by atoms with van der Waals surface area (Å²) in [6.45, 7) is 4.19. The van der Waals surface area contributed by atoms with Crippen LogP contribution in [0.2, 0.25) is 5.02 Å². The number of nitrogens with one attached hydrogen (secondary N) is 1. The lowest BCUT2D eigenvalue weighted by molar-refractivity contribution is -0.126. The summed E-state index contributed by atoms with van der Waals surface area (Å²) in [5, 5.41) is 3.72. The van der Waals surface area contributed by atoms with Crippen molar-refractivity contribution in [2.24, 2.45) is 0 Å². The Labute approximate surface area is 199 Å². The number of hydrogen-bond acceptors (Lipinski definition) is 6. The summed E-state index contributed by atoms with van der Waals surface area (Å²) in [7, 11) is 3.24. The maximum atomic E-state index is 12.7. The Balaban J connectivity index is 1.25. The van der Waals surface area contributed by atoms with E-state index in [2.05, 4.69) is 15.2 Å². The third-order valence-electron chi connectivity index (χ3n) is 6.33. The first-order chi connectivity index (χ1) is 16.0. The molecule has 1 unspecified atom stereocenters. The van der Waals surface area contributed by atoms with Crippen LogP contribution in [0.15, 0.2) is 40.8 Å². The molecule has 8 heteroatoms. The number of hydrogen-bond donors (Lipinski definition) is 1. The summed E-state index contributed by atoms with van der Waals surface area (Å²) in [5.41, 5.74) is 2.64. The minimum atomic E-state index is -0.182. The molecule has 0 bridgehead atoms. The maximum Gasteiger partial charge on any atom is 0.237 e. The quantitative estimate of drug-likeness (QED) is 0.524. The van der Waals surface area contributed by atoms with Crippen molar-refractivity contribution >= 4 is 28.6 Å². The van der Waals surface area contributed by atoms with E-state index in [0.717, 1.165) is 54.9 Å². The number of nitrogens with zero attached hydrogens (tertiary/aromatic N) is 2. The van der Waals surface area contributed by atoms with E-state index in [1.165, 1.54) is 0 Å². The standard InChI is InChI=1S/C25H30ClN3O4/c1-16(24(30)27-11-8-17-4-6-22(31-2)23(14-17)32-3)29-12-9-18(10-13-29)25-28-20-15-19(26)5-7-21(20)33-25/h4-7,14-16,18H,8-13H2,1-3H3,(H,27,30). The molecule has 176 valence electrons. The minimum absolute atomic E-state index is 0.0467. The van der Waals surface area contributed by atoms with Crippen LogP contribution in [0.25, 0.3) is 11.1 Å². The zero-order chi connectivity index (χ0) is 23.4. The highest BCUT2D eigenvalue weighted by Crippen LogP contribution is 2.31. The Morgan fingerprint density at radius 3 is 2.67 bits per heavy atom. The smallest absolute Gasteiger partial charge is 0.237 e. The first-order valence-corrected chi connectivity index (χ1v) is 11.6. The normalized spacial score (nSPS) is 16.0. The number of amides is 1. The lowest BCUT2D eigenvalue weighted by Gasteiger charge is -2.34. The van der Waals surface area contributed by atoms with Gasteiger partial charge >= 0.3 is 0 Å². The second-order valence-electron chi connectivity index (χ2n) is 8.38. The Bertz CT molecular complexity index is 1110. The summed E-state index contributed by atoms with van der Waals surface area (Å²) in [6.07, 6.45) is 2.54. The molecule has 7 nitrogen and oxygen atoms in total. The van der Waals surface area contributed by atoms with Crippen LogP contribution in [-0.4, -0.2) is 55.7 Å². The van der Waals surface area contributed by atoms with E-state index in [1.54, 1.807) is 14.2 Å². The van der Waals surface area contributed by atoms with Crippen LogP contribution in [-0.2, 0) is 11.2 Å². The van der Waals surface area contributed by atoms with Crippen LogP contribution < -0.4 is 14.8 Å². The van der Waals surface area contributed by atoms with Crippen LogP contribution in [0.1, 0.15) is 37.1 Å². The van der Waals surface area contributed by atoms with Gasteiger partial charge in [0.1, 0.15) is 5.52 Å². The molecule has 33 heavy (non-hydrogen) atoms. The number of oxazole rings is 1. The maximum absolute atomic E-state index is 12.7. The largest absolute Gasteiger partial charge is 0.493 e. The van der Waals surface area contributed by atoms with Crippen molar-refractivity contribution in [3.8, 4) is 11.5 Å². The molecule has 1 aromatic heterocycles. The van der Waals surface area contributed by atoms with Crippen molar-refractivity contribution in [1.29, 1.82) is 0 Å². The number of fused-ring (bicyclic) bond motifs is 1. The summed E-state index contributed by atoms with van der Waals surface area (Å²) >= 11 is 6.06. The van der Waals surface area contributed by atoms with Gasteiger partial charge in [0.2, 0.25) is 5.91 Å². The molecule has 1 saturated heterocycles. The van der Waals surface area contributed by atoms with Gasteiger partial charge in [-0.15, -0.1) is 0 Å². The van der Waals surface area contributed by atoms with E-state index in [-0.39, 0.29) is 17.9 Å². The molecule has 2 heterocycles. The van der Waals surface area contributed by atoms with Gasteiger partial charge in [-0.3, -0.25) is 9.69 Å². The van der Waals surface area contributed by atoms with E-state index in [0.29, 0.717) is 23.1 Å². The number of carbonyl (C=O) groups excluding carboxylic acids is 1. The predicted molar refractivity (Wildman–Crippen MR) is 128 cm³/mol. The number of likely N-dealkylation sites (tertiary alicyclic amines) is 1. The van der Waals surface area contributed by atoms with Crippen molar-refractivity contribution in [2.75, 3.05) is 33.9 Å². The number of halogens is 1. The third-order valence-corrected chi connectivity index (χ3v) is 6.57. The molecule has 1 aliphatic rings. The molecule has 2 aromatic carbocycles. The Hall–Kier alpha value is -2.77. The molecule has 0 saturated carbocycles. The van der Waals surface area contributed by atoms with Crippen LogP contribution >= 0.6 is 11.6 Å². The van der Waals surface area contributed by atoms with Gasteiger partial charge in [0, 0.05) is 17.5 Å². The van der Waals surface area contributed by atoms with Crippen molar-refractivity contribution in [1.82, 2.24) is 15.2 Å². The third kappa shape index (κ3) is 5.42. The summed E-state index contributed by atoms with van der Waals surface area (Å²) in [5.74, 6) is 2.46. The number of ether oxygens (including phenoxy) is 2. The molecule has 1 aliphatic heterocycles. The van der Waals surface area contributed by atoms with Crippen molar-refractivity contribution in [3.05, 3.63) is 52.9 Å². The van der Waals surface area contributed by atoms with Crippen molar-refractivity contribution in [2.45, 2.75) is 38.1 Å². The molecule has 1 amide bonds. The monoisotopic (exact) mass is 471 g/mol. The zero-order valence-electron chi connectivity index (χ0n) is 19.3. The number of benzene rings is 2. The number of piperidine rings is 1. The SMILES string of the molecule is COc1ccc(CCNC(=O)C(C)N2CCC(c3nc4cc(Cl)ccc4o3)CC2)cc1OC. The van der Waals surface area contributed by atoms with Gasteiger partial charge in [0.15, 0.2) is 23.0 Å². The predicted octanol–water partition coefficient (Wildman–Crippen LogP) is 4.43. The minimum Gasteiger partial charge on any atom is -0.493 e. The lowest BCUT2D eigenvalue weighted by atomic mass is 9.95. The van der Waals surface area contributed by atoms with E-state index < -0.39 is 0 Å². The fourth-order valence-corrected chi connectivity index (χ4v) is 4.47. The molecule has 0 spiro atoms. The number of carbonyl (C=O) groups is 1. The highest BCUT2D eigenvalue weighted by atomic mass is 35.5. The molecule has 4 rings (SSSR count). The highest BCUT2D eigenvalue weighted by molar-refractivity contribution is 6.31. The molecule has 3 aromatic rings. The van der Waals surface area contributed by atoms with E-state index in [4.69, 9.17) is 25.5 Å². The fraction of sp³-hybridized carbons (Fsp3) is 0.440. The van der Waals surface area contributed by atoms with Crippen molar-refractivity contribution in [3.63, 3.8) is 0 Å². The number of rotatable bonds is 8. The van der Waals surface area contributed by atoms with Gasteiger partial charge < -0.3 is 19.2 Å². The molecule has 0 radical (unpaired) electrons. The first-order valence-electron chi connectivity index (χ1n) is 11.3. The van der Waals surface area contributed by atoms with E-state index >= 15 is 0 Å². The summed E-state index contributed by atoms with van der Waals surface area (Å²) < 4.78 is 16.6. The van der Waals surface area contributed by atoms with Gasteiger partial charge in [0.25, 0.3) is 0 Å². The summed E-state index contributed by atoms with van der Waals surface area (Å²) in [6, 6.07) is 11.1. The number of methoxy groups -OCH3 is 2. The Morgan fingerprint density at radius 1 is 1.18 bits per heavy atom. The number of aromatic nitrogens is 1. The molecule has 1 N–H and O–H groups in total.